The van der Waals surface area contributed by atoms with Crippen LogP contribution in [0, 0.1) is 0 Å². The van der Waals surface area contributed by atoms with Crippen molar-refractivity contribution in [1.29, 1.82) is 0 Å². The van der Waals surface area contributed by atoms with Crippen LogP contribution in [0.1, 0.15) is 86.0 Å². The van der Waals surface area contributed by atoms with Gasteiger partial charge >= 0.3 is 0 Å². The van der Waals surface area contributed by atoms with E-state index in [1.807, 2.05) is 32.1 Å². The maximum Gasteiger partial charge on any atom is 0.163 e. The van der Waals surface area contributed by atoms with E-state index in [9.17, 15) is 30.0 Å². The molecule has 6 N–H and O–H groups in total. The molecule has 2 unspecified atom stereocenters. The first-order valence-corrected chi connectivity index (χ1v) is 15.9. The van der Waals surface area contributed by atoms with Gasteiger partial charge in [0.2, 0.25) is 0 Å². The number of ether oxygens (including phenoxy) is 3. The lowest BCUT2D eigenvalue weighted by Gasteiger charge is -2.38. The largest absolute Gasteiger partial charge is 0.507 e. The van der Waals surface area contributed by atoms with E-state index in [1.54, 1.807) is 27.9 Å². The molecule has 0 bridgehead atoms. The Kier molecular flexibility index (Phi) is 13.1. The molecule has 0 amide bonds. The summed E-state index contributed by atoms with van der Waals surface area (Å²) < 4.78 is 17.6. The van der Waals surface area contributed by atoms with Crippen LogP contribution in [0.4, 0.5) is 0 Å². The number of methoxy groups -OCH3 is 1. The van der Waals surface area contributed by atoms with Crippen molar-refractivity contribution in [1.82, 2.24) is 0 Å². The summed E-state index contributed by atoms with van der Waals surface area (Å²) in [6, 6.07) is -0.577. The van der Waals surface area contributed by atoms with Crippen molar-refractivity contribution in [2.45, 2.75) is 128 Å². The van der Waals surface area contributed by atoms with E-state index in [4.69, 9.17) is 19.9 Å². The molecule has 1 aliphatic heterocycles. The van der Waals surface area contributed by atoms with E-state index >= 15 is 0 Å². The van der Waals surface area contributed by atoms with E-state index < -0.39 is 42.3 Å². The third-order valence-electron chi connectivity index (χ3n) is 8.74. The molecule has 1 fully saturated rings. The lowest BCUT2D eigenvalue weighted by atomic mass is 9.87. The Morgan fingerprint density at radius 3 is 2.53 bits per heavy atom. The third-order valence-corrected chi connectivity index (χ3v) is 8.74. The topological polar surface area (TPSA) is 169 Å². The van der Waals surface area contributed by atoms with Crippen molar-refractivity contribution in [3.05, 3.63) is 69.3 Å². The minimum absolute atomic E-state index is 0.00385. The zero-order valence-corrected chi connectivity index (χ0v) is 27.4. The highest BCUT2D eigenvalue weighted by Crippen LogP contribution is 2.38. The SMILES string of the molecule is CC/C1=C(\C(=O)CC2=C(O)C(CCC(C)(C)O)=C([C@H](CC)OC3C[C@H](N)[C@H](O)[C@H](C)O3)C(O)C=C2C=O)C/C=C\C=C(\OC)C1. The number of aldehydes is 1. The number of carbonyl (C=O) groups excluding carboxylic acids is 2. The van der Waals surface area contributed by atoms with Gasteiger partial charge in [-0.25, -0.2) is 0 Å². The van der Waals surface area contributed by atoms with Crippen molar-refractivity contribution >= 4 is 12.1 Å². The highest BCUT2D eigenvalue weighted by atomic mass is 16.7. The number of rotatable bonds is 13. The third kappa shape index (κ3) is 9.34. The van der Waals surface area contributed by atoms with E-state index in [1.165, 1.54) is 6.08 Å². The molecular formula is C35H51NO9. The van der Waals surface area contributed by atoms with Crippen molar-refractivity contribution in [2.75, 3.05) is 7.11 Å². The number of hydrogen-bond acceptors (Lipinski definition) is 10. The molecule has 3 aliphatic rings. The molecule has 0 spiro atoms. The number of ketones is 1. The van der Waals surface area contributed by atoms with Gasteiger partial charge in [-0.1, -0.05) is 31.6 Å². The van der Waals surface area contributed by atoms with Crippen LogP contribution in [0.25, 0.3) is 0 Å². The predicted molar refractivity (Wildman–Crippen MR) is 171 cm³/mol. The Morgan fingerprint density at radius 1 is 1.24 bits per heavy atom. The molecule has 1 heterocycles. The van der Waals surface area contributed by atoms with E-state index in [-0.39, 0.29) is 48.4 Å². The molecule has 2 aliphatic carbocycles. The zero-order valence-electron chi connectivity index (χ0n) is 27.4. The molecule has 0 aromatic rings. The van der Waals surface area contributed by atoms with Gasteiger partial charge in [-0.05, 0) is 81.7 Å². The van der Waals surface area contributed by atoms with E-state index in [0.29, 0.717) is 48.7 Å². The Balaban J connectivity index is 2.11. The first-order chi connectivity index (χ1) is 21.2. The highest BCUT2D eigenvalue weighted by molar-refractivity contribution is 6.00. The van der Waals surface area contributed by atoms with Crippen LogP contribution < -0.4 is 5.73 Å². The quantitative estimate of drug-likeness (QED) is 0.185. The van der Waals surface area contributed by atoms with Gasteiger partial charge in [0, 0.05) is 36.5 Å². The van der Waals surface area contributed by atoms with Gasteiger partial charge in [0.1, 0.15) is 12.0 Å². The number of aliphatic hydroxyl groups is 4. The summed E-state index contributed by atoms with van der Waals surface area (Å²) in [4.78, 5) is 26.3. The summed E-state index contributed by atoms with van der Waals surface area (Å²) in [7, 11) is 1.59. The number of aliphatic hydroxyl groups excluding tert-OH is 3. The smallest absolute Gasteiger partial charge is 0.163 e. The van der Waals surface area contributed by atoms with Crippen LogP contribution in [-0.4, -0.2) is 82.0 Å². The Bertz CT molecular complexity index is 1270. The fourth-order valence-electron chi connectivity index (χ4n) is 6.05. The minimum atomic E-state index is -1.34. The highest BCUT2D eigenvalue weighted by Gasteiger charge is 2.38. The van der Waals surface area contributed by atoms with Crippen LogP contribution in [-0.2, 0) is 23.8 Å². The lowest BCUT2D eigenvalue weighted by Crippen LogP contribution is -2.52. The average Bonchev–Trinajstić information content (AvgIpc) is 3.06. The molecule has 10 nitrogen and oxygen atoms in total. The van der Waals surface area contributed by atoms with Gasteiger partial charge in [0.05, 0.1) is 42.9 Å². The molecule has 250 valence electrons. The van der Waals surface area contributed by atoms with Gasteiger partial charge in [-0.3, -0.25) is 9.59 Å². The second-order valence-electron chi connectivity index (χ2n) is 12.6. The van der Waals surface area contributed by atoms with Gasteiger partial charge in [-0.2, -0.15) is 0 Å². The average molecular weight is 630 g/mol. The Labute approximate surface area is 266 Å². The van der Waals surface area contributed by atoms with Crippen LogP contribution in [0.15, 0.2) is 69.3 Å². The molecule has 0 radical (unpaired) electrons. The summed E-state index contributed by atoms with van der Waals surface area (Å²) in [6.45, 7) is 8.80. The zero-order chi connectivity index (χ0) is 33.5. The maximum atomic E-state index is 13.9. The molecule has 0 aromatic heterocycles. The van der Waals surface area contributed by atoms with Gasteiger partial charge in [0.15, 0.2) is 12.1 Å². The Hall–Kier alpha value is -2.86. The number of carbonyl (C=O) groups is 2. The summed E-state index contributed by atoms with van der Waals surface area (Å²) in [5, 5.41) is 44.3. The molecule has 6 atom stereocenters. The first kappa shape index (κ1) is 36.6. The fourth-order valence-corrected chi connectivity index (χ4v) is 6.05. The summed E-state index contributed by atoms with van der Waals surface area (Å²) in [5.74, 6) is 0.186. The van der Waals surface area contributed by atoms with Gasteiger partial charge in [-0.15, -0.1) is 0 Å². The van der Waals surface area contributed by atoms with Crippen LogP contribution in [0.5, 0.6) is 0 Å². The Morgan fingerprint density at radius 2 is 1.96 bits per heavy atom. The normalized spacial score (nSPS) is 30.8. The van der Waals surface area contributed by atoms with Crippen LogP contribution in [0.3, 0.4) is 0 Å². The maximum absolute atomic E-state index is 13.9. The molecule has 0 aromatic carbocycles. The molecule has 0 saturated carbocycles. The summed E-state index contributed by atoms with van der Waals surface area (Å²) >= 11 is 0. The number of hydrogen-bond donors (Lipinski definition) is 5. The van der Waals surface area contributed by atoms with Crippen molar-refractivity contribution in [3.8, 4) is 0 Å². The van der Waals surface area contributed by atoms with Crippen molar-refractivity contribution < 1.29 is 44.2 Å². The summed E-state index contributed by atoms with van der Waals surface area (Å²) in [5.41, 5.74) is 7.23. The number of allylic oxidation sites excluding steroid dienone is 8. The van der Waals surface area contributed by atoms with Gasteiger partial charge in [0.25, 0.3) is 0 Å². The number of nitrogens with two attached hydrogens (primary N) is 1. The van der Waals surface area contributed by atoms with E-state index in [0.717, 1.165) is 11.3 Å². The summed E-state index contributed by atoms with van der Waals surface area (Å²) in [6.07, 6.45) is 5.25. The van der Waals surface area contributed by atoms with E-state index in [2.05, 4.69) is 0 Å². The molecular weight excluding hydrogens is 578 g/mol. The standard InChI is InChI=1S/C35H51NO9/c1-7-21-15-23(43-6)11-9-10-12-24(21)28(38)17-26-22(19-37)16-29(39)32(25(34(26)41)13-14-35(4,5)42)30(8-2)45-31-18-27(36)33(40)20(3)44-31/h9-11,16,19-20,27,29-31,33,39-42H,7-8,12-15,17-18,36H2,1-6H3/b10-9-,23-11+,24-21+/t20-,27-,29?,30-,31?,33+/m0/s1. The minimum Gasteiger partial charge on any atom is -0.507 e. The fraction of sp³-hybridized carbons (Fsp3) is 0.600. The predicted octanol–water partition coefficient (Wildman–Crippen LogP) is 4.31. The molecule has 1 saturated heterocycles. The molecule has 10 heteroatoms. The van der Waals surface area contributed by atoms with Gasteiger partial charge < -0.3 is 40.4 Å². The molecule has 3 rings (SSSR count). The van der Waals surface area contributed by atoms with Crippen molar-refractivity contribution in [3.63, 3.8) is 0 Å². The molecule has 45 heavy (non-hydrogen) atoms. The second-order valence-corrected chi connectivity index (χ2v) is 12.6. The number of Topliss-reactive ketones (excluding diaryl/α,β-unsaturated/α-hetero) is 1. The monoisotopic (exact) mass is 629 g/mol. The first-order valence-electron chi connectivity index (χ1n) is 15.9. The second kappa shape index (κ2) is 16.1. The van der Waals surface area contributed by atoms with Crippen molar-refractivity contribution in [2.24, 2.45) is 5.73 Å². The van der Waals surface area contributed by atoms with Crippen LogP contribution in [0.2, 0.25) is 0 Å². The van der Waals surface area contributed by atoms with Crippen LogP contribution >= 0.6 is 0 Å². The lowest BCUT2D eigenvalue weighted by molar-refractivity contribution is -0.235.